The van der Waals surface area contributed by atoms with Gasteiger partial charge in [0.05, 0.1) is 37.4 Å². The van der Waals surface area contributed by atoms with Gasteiger partial charge < -0.3 is 4.90 Å². The summed E-state index contributed by atoms with van der Waals surface area (Å²) in [7, 11) is 0. The predicted octanol–water partition coefficient (Wildman–Crippen LogP) is 3.31. The van der Waals surface area contributed by atoms with E-state index in [9.17, 15) is 0 Å². The number of hydrogen-bond acceptors (Lipinski definition) is 2. The SMILES string of the molecule is ClC(/C=N\N1CC[NH+](Cc2ccccc2Cl)CC1)=C/c1ccccc1. The Labute approximate surface area is 159 Å². The van der Waals surface area contributed by atoms with Crippen molar-refractivity contribution in [3.05, 3.63) is 75.8 Å². The Morgan fingerprint density at radius 3 is 2.44 bits per heavy atom. The van der Waals surface area contributed by atoms with E-state index in [1.54, 1.807) is 6.21 Å². The van der Waals surface area contributed by atoms with E-state index in [4.69, 9.17) is 23.2 Å². The van der Waals surface area contributed by atoms with Crippen molar-refractivity contribution < 1.29 is 4.90 Å². The van der Waals surface area contributed by atoms with Crippen LogP contribution in [0.15, 0.2) is 64.7 Å². The molecule has 1 aliphatic heterocycles. The Morgan fingerprint density at radius 2 is 1.72 bits per heavy atom. The fourth-order valence-corrected chi connectivity index (χ4v) is 3.27. The summed E-state index contributed by atoms with van der Waals surface area (Å²) in [5, 5.41) is 8.08. The first-order chi connectivity index (χ1) is 12.2. The quantitative estimate of drug-likeness (QED) is 0.795. The van der Waals surface area contributed by atoms with Gasteiger partial charge in [0, 0.05) is 10.6 Å². The third-order valence-electron chi connectivity index (χ3n) is 4.29. The van der Waals surface area contributed by atoms with Crippen molar-refractivity contribution in [3.63, 3.8) is 0 Å². The average Bonchev–Trinajstić information content (AvgIpc) is 2.64. The molecule has 0 radical (unpaired) electrons. The van der Waals surface area contributed by atoms with Crippen LogP contribution < -0.4 is 4.90 Å². The molecule has 1 aliphatic rings. The highest BCUT2D eigenvalue weighted by Crippen LogP contribution is 2.13. The van der Waals surface area contributed by atoms with Gasteiger partial charge in [-0.05, 0) is 17.7 Å². The van der Waals surface area contributed by atoms with Gasteiger partial charge in [-0.25, -0.2) is 0 Å². The van der Waals surface area contributed by atoms with E-state index in [-0.39, 0.29) is 0 Å². The summed E-state index contributed by atoms with van der Waals surface area (Å²) >= 11 is 12.5. The molecular weight excluding hydrogens is 353 g/mol. The molecule has 5 heteroatoms. The maximum atomic E-state index is 6.26. The lowest BCUT2D eigenvalue weighted by molar-refractivity contribution is -0.918. The zero-order valence-corrected chi connectivity index (χ0v) is 15.5. The highest BCUT2D eigenvalue weighted by Gasteiger charge is 2.19. The van der Waals surface area contributed by atoms with Crippen LogP contribution in [0.4, 0.5) is 0 Å². The van der Waals surface area contributed by atoms with Crippen molar-refractivity contribution in [3.8, 4) is 0 Å². The molecule has 0 aromatic heterocycles. The van der Waals surface area contributed by atoms with Crippen molar-refractivity contribution in [2.45, 2.75) is 6.54 Å². The second kappa shape index (κ2) is 9.04. The molecule has 0 atom stereocenters. The summed E-state index contributed by atoms with van der Waals surface area (Å²) in [6.07, 6.45) is 3.65. The number of halogens is 2. The van der Waals surface area contributed by atoms with Crippen LogP contribution in [0.3, 0.4) is 0 Å². The monoisotopic (exact) mass is 374 g/mol. The summed E-state index contributed by atoms with van der Waals surface area (Å²) in [5.41, 5.74) is 2.29. The molecule has 3 nitrogen and oxygen atoms in total. The van der Waals surface area contributed by atoms with Crippen LogP contribution in [0.25, 0.3) is 6.08 Å². The Bertz CT molecular complexity index is 736. The zero-order chi connectivity index (χ0) is 17.5. The van der Waals surface area contributed by atoms with Crippen molar-refractivity contribution in [1.29, 1.82) is 0 Å². The molecule has 1 N–H and O–H groups in total. The van der Waals surface area contributed by atoms with Crippen molar-refractivity contribution in [2.75, 3.05) is 26.2 Å². The van der Waals surface area contributed by atoms with E-state index >= 15 is 0 Å². The highest BCUT2D eigenvalue weighted by molar-refractivity contribution is 6.41. The smallest absolute Gasteiger partial charge is 0.104 e. The van der Waals surface area contributed by atoms with Crippen LogP contribution >= 0.6 is 23.2 Å². The van der Waals surface area contributed by atoms with Gasteiger partial charge in [-0.2, -0.15) is 5.10 Å². The van der Waals surface area contributed by atoms with Crippen molar-refractivity contribution >= 4 is 35.5 Å². The number of rotatable bonds is 5. The number of hydrogen-bond donors (Lipinski definition) is 1. The molecule has 1 fully saturated rings. The maximum absolute atomic E-state index is 6.26. The van der Waals surface area contributed by atoms with Crippen LogP contribution in [0.1, 0.15) is 11.1 Å². The Kier molecular flexibility index (Phi) is 6.51. The summed E-state index contributed by atoms with van der Waals surface area (Å²) < 4.78 is 0. The van der Waals surface area contributed by atoms with E-state index in [0.29, 0.717) is 5.03 Å². The molecule has 2 aromatic rings. The van der Waals surface area contributed by atoms with Gasteiger partial charge in [0.15, 0.2) is 0 Å². The lowest BCUT2D eigenvalue weighted by Gasteiger charge is -2.30. The van der Waals surface area contributed by atoms with Gasteiger partial charge in [-0.1, -0.05) is 71.7 Å². The third-order valence-corrected chi connectivity index (χ3v) is 4.87. The minimum absolute atomic E-state index is 0.636. The second-order valence-corrected chi connectivity index (χ2v) is 7.00. The Morgan fingerprint density at radius 1 is 1.04 bits per heavy atom. The minimum Gasteiger partial charge on any atom is -0.328 e. The molecule has 0 amide bonds. The van der Waals surface area contributed by atoms with Gasteiger partial charge in [0.25, 0.3) is 0 Å². The number of hydrazone groups is 1. The predicted molar refractivity (Wildman–Crippen MR) is 106 cm³/mol. The molecule has 25 heavy (non-hydrogen) atoms. The highest BCUT2D eigenvalue weighted by atomic mass is 35.5. The topological polar surface area (TPSA) is 20.0 Å². The van der Waals surface area contributed by atoms with Gasteiger partial charge >= 0.3 is 0 Å². The number of allylic oxidation sites excluding steroid dienone is 1. The number of piperazine rings is 1. The summed E-state index contributed by atoms with van der Waals surface area (Å²) in [4.78, 5) is 1.53. The average molecular weight is 375 g/mol. The number of nitrogens with one attached hydrogen (secondary N) is 1. The molecule has 1 heterocycles. The van der Waals surface area contributed by atoms with Crippen LogP contribution in [-0.2, 0) is 6.54 Å². The Hall–Kier alpha value is -1.81. The third kappa shape index (κ3) is 5.60. The zero-order valence-electron chi connectivity index (χ0n) is 14.0. The van der Waals surface area contributed by atoms with Gasteiger partial charge in [0.1, 0.15) is 6.54 Å². The van der Waals surface area contributed by atoms with Crippen LogP contribution in [0.5, 0.6) is 0 Å². The fraction of sp³-hybridized carbons (Fsp3) is 0.250. The fourth-order valence-electron chi connectivity index (χ4n) is 2.90. The first-order valence-corrected chi connectivity index (χ1v) is 9.24. The summed E-state index contributed by atoms with van der Waals surface area (Å²) in [6, 6.07) is 18.1. The molecule has 130 valence electrons. The van der Waals surface area contributed by atoms with Crippen LogP contribution in [-0.4, -0.2) is 37.4 Å². The standard InChI is InChI=1S/C20H21Cl2N3/c21-19(14-17-6-2-1-3-7-17)15-23-25-12-10-24(11-13-25)16-18-8-4-5-9-20(18)22/h1-9,14-15H,10-13,16H2/p+1/b19-14+,23-15-. The number of nitrogens with zero attached hydrogens (tertiary/aromatic N) is 2. The van der Waals surface area contributed by atoms with Crippen LogP contribution in [0, 0.1) is 0 Å². The summed E-state index contributed by atoms with van der Waals surface area (Å²) in [6.45, 7) is 4.90. The molecule has 1 saturated heterocycles. The molecule has 0 spiro atoms. The van der Waals surface area contributed by atoms with Crippen LogP contribution in [0.2, 0.25) is 5.02 Å². The lowest BCUT2D eigenvalue weighted by Crippen LogP contribution is -3.13. The summed E-state index contributed by atoms with van der Waals surface area (Å²) in [5.74, 6) is 0. The molecule has 0 unspecified atom stereocenters. The maximum Gasteiger partial charge on any atom is 0.104 e. The Balaban J connectivity index is 1.49. The minimum atomic E-state index is 0.636. The van der Waals surface area contributed by atoms with Crippen molar-refractivity contribution in [1.82, 2.24) is 5.01 Å². The second-order valence-electron chi connectivity index (χ2n) is 6.16. The first kappa shape index (κ1) is 18.0. The largest absolute Gasteiger partial charge is 0.328 e. The lowest BCUT2D eigenvalue weighted by atomic mass is 10.2. The molecular formula is C20H22Cl2N3+. The van der Waals surface area contributed by atoms with E-state index in [1.165, 1.54) is 10.5 Å². The van der Waals surface area contributed by atoms with Gasteiger partial charge in [-0.15, -0.1) is 0 Å². The van der Waals surface area contributed by atoms with E-state index < -0.39 is 0 Å². The van der Waals surface area contributed by atoms with E-state index in [2.05, 4.69) is 16.2 Å². The van der Waals surface area contributed by atoms with E-state index in [1.807, 2.05) is 54.6 Å². The molecule has 0 aliphatic carbocycles. The molecule has 3 rings (SSSR count). The first-order valence-electron chi connectivity index (χ1n) is 8.49. The van der Waals surface area contributed by atoms with E-state index in [0.717, 1.165) is 43.3 Å². The van der Waals surface area contributed by atoms with Gasteiger partial charge in [-0.3, -0.25) is 5.01 Å². The molecule has 2 aromatic carbocycles. The molecule has 0 saturated carbocycles. The van der Waals surface area contributed by atoms with Crippen molar-refractivity contribution in [2.24, 2.45) is 5.10 Å². The number of benzene rings is 2. The molecule has 0 bridgehead atoms. The normalized spacial score (nSPS) is 16.6. The number of quaternary nitrogens is 1. The van der Waals surface area contributed by atoms with Gasteiger partial charge in [0.2, 0.25) is 0 Å².